The zero-order valence-electron chi connectivity index (χ0n) is 20.9. The van der Waals surface area contributed by atoms with Gasteiger partial charge < -0.3 is 0 Å². The fourth-order valence-corrected chi connectivity index (χ4v) is 5.57. The molecule has 0 nitrogen and oxygen atoms in total. The third-order valence-corrected chi connectivity index (χ3v) is 7.92. The van der Waals surface area contributed by atoms with Gasteiger partial charge in [0.25, 0.3) is 0 Å². The fourth-order valence-electron chi connectivity index (χ4n) is 4.83. The molecule has 178 valence electrons. The smallest absolute Gasteiger partial charge is 0.0122 e. The molecule has 0 aliphatic carbocycles. The van der Waals surface area contributed by atoms with Crippen LogP contribution in [-0.2, 0) is 0 Å². The number of hydrogen-bond acceptors (Lipinski definition) is 0. The van der Waals surface area contributed by atoms with Crippen molar-refractivity contribution in [1.29, 1.82) is 0 Å². The van der Waals surface area contributed by atoms with Crippen LogP contribution < -0.4 is 0 Å². The SMILES string of the molecule is CCCCCCCC(CCCCCC)C(P)(CCCCCC)CCCCCC.I. The van der Waals surface area contributed by atoms with Crippen LogP contribution in [0.3, 0.4) is 0 Å². The highest BCUT2D eigenvalue weighted by Crippen LogP contribution is 2.44. The molecule has 0 radical (unpaired) electrons. The van der Waals surface area contributed by atoms with Crippen molar-refractivity contribution in [2.75, 3.05) is 0 Å². The van der Waals surface area contributed by atoms with Gasteiger partial charge in [-0.25, -0.2) is 0 Å². The van der Waals surface area contributed by atoms with Gasteiger partial charge in [-0.15, -0.1) is 33.2 Å². The van der Waals surface area contributed by atoms with Crippen LogP contribution in [0.15, 0.2) is 0 Å². The molecule has 0 rings (SSSR count). The molecule has 0 heterocycles. The van der Waals surface area contributed by atoms with E-state index >= 15 is 0 Å². The van der Waals surface area contributed by atoms with E-state index in [-0.39, 0.29) is 24.0 Å². The van der Waals surface area contributed by atoms with Crippen LogP contribution in [0.2, 0.25) is 0 Å². The first-order chi connectivity index (χ1) is 13.6. The Bertz CT molecular complexity index is 293. The molecule has 0 amide bonds. The lowest BCUT2D eigenvalue weighted by Gasteiger charge is -2.39. The van der Waals surface area contributed by atoms with E-state index in [9.17, 15) is 0 Å². The van der Waals surface area contributed by atoms with Crippen LogP contribution in [0, 0.1) is 5.92 Å². The zero-order valence-corrected chi connectivity index (χ0v) is 24.4. The van der Waals surface area contributed by atoms with Crippen LogP contribution >= 0.6 is 33.2 Å². The monoisotopic (exact) mass is 540 g/mol. The van der Waals surface area contributed by atoms with E-state index in [0.29, 0.717) is 5.16 Å². The summed E-state index contributed by atoms with van der Waals surface area (Å²) in [6.45, 7) is 9.35. The average Bonchev–Trinajstić information content (AvgIpc) is 2.70. The molecule has 0 saturated carbocycles. The summed E-state index contributed by atoms with van der Waals surface area (Å²) < 4.78 is 0. The fraction of sp³-hybridized carbons (Fsp3) is 1.00. The Morgan fingerprint density at radius 3 is 1.17 bits per heavy atom. The zero-order chi connectivity index (χ0) is 20.9. The second kappa shape index (κ2) is 23.8. The third-order valence-electron chi connectivity index (χ3n) is 6.87. The summed E-state index contributed by atoms with van der Waals surface area (Å²) in [5.41, 5.74) is 0. The Hall–Kier alpha value is 1.16. The summed E-state index contributed by atoms with van der Waals surface area (Å²) in [6.07, 6.45) is 30.1. The second-order valence-electron chi connectivity index (χ2n) is 9.60. The molecule has 2 unspecified atom stereocenters. The summed E-state index contributed by atoms with van der Waals surface area (Å²) in [6, 6.07) is 0. The highest BCUT2D eigenvalue weighted by Gasteiger charge is 2.32. The Kier molecular flexibility index (Phi) is 26.6. The normalized spacial score (nSPS) is 12.7. The standard InChI is InChI=1S/C27H57P.HI/c1-5-9-13-17-19-23-26(22-18-14-10-6-2)27(28,24-20-15-11-7-3)25-21-16-12-8-4;/h26H,5-25,28H2,1-4H3;1H. The summed E-state index contributed by atoms with van der Waals surface area (Å²) >= 11 is 0. The predicted molar refractivity (Wildman–Crippen MR) is 151 cm³/mol. The lowest BCUT2D eigenvalue weighted by molar-refractivity contribution is 0.270. The van der Waals surface area contributed by atoms with E-state index in [1.165, 1.54) is 135 Å². The van der Waals surface area contributed by atoms with Crippen molar-refractivity contribution in [3.05, 3.63) is 0 Å². The minimum atomic E-state index is 0. The largest absolute Gasteiger partial charge is 0.131 e. The van der Waals surface area contributed by atoms with E-state index in [4.69, 9.17) is 0 Å². The van der Waals surface area contributed by atoms with Gasteiger partial charge in [-0.1, -0.05) is 137 Å². The Morgan fingerprint density at radius 1 is 0.483 bits per heavy atom. The van der Waals surface area contributed by atoms with Gasteiger partial charge in [-0.05, 0) is 36.8 Å². The molecule has 2 atom stereocenters. The topological polar surface area (TPSA) is 0 Å². The summed E-state index contributed by atoms with van der Waals surface area (Å²) in [5.74, 6) is 0.944. The summed E-state index contributed by atoms with van der Waals surface area (Å²) in [4.78, 5) is 0. The highest BCUT2D eigenvalue weighted by molar-refractivity contribution is 14.0. The van der Waals surface area contributed by atoms with Gasteiger partial charge in [0.05, 0.1) is 0 Å². The molecular formula is C27H58IP. The molecule has 0 spiro atoms. The number of halogens is 1. The Balaban J connectivity index is 0. The van der Waals surface area contributed by atoms with Gasteiger partial charge >= 0.3 is 0 Å². The minimum absolute atomic E-state index is 0. The van der Waals surface area contributed by atoms with Gasteiger partial charge in [0.15, 0.2) is 0 Å². The van der Waals surface area contributed by atoms with Gasteiger partial charge in [0, 0.05) is 0 Å². The number of unbranched alkanes of at least 4 members (excludes halogenated alkanes) is 13. The maximum absolute atomic E-state index is 3.46. The number of hydrogen-bond donors (Lipinski definition) is 0. The first-order valence-corrected chi connectivity index (χ1v) is 14.0. The van der Waals surface area contributed by atoms with E-state index in [1.54, 1.807) is 0 Å². The van der Waals surface area contributed by atoms with Crippen LogP contribution in [-0.4, -0.2) is 5.16 Å². The molecule has 0 saturated heterocycles. The number of rotatable bonds is 22. The van der Waals surface area contributed by atoms with E-state index in [0.717, 1.165) is 5.92 Å². The van der Waals surface area contributed by atoms with Crippen LogP contribution in [0.4, 0.5) is 0 Å². The molecule has 0 aromatic carbocycles. The molecule has 0 bridgehead atoms. The molecular weight excluding hydrogens is 482 g/mol. The van der Waals surface area contributed by atoms with E-state index < -0.39 is 0 Å². The maximum atomic E-state index is 3.46. The van der Waals surface area contributed by atoms with Crippen molar-refractivity contribution in [2.45, 2.75) is 168 Å². The first-order valence-electron chi connectivity index (χ1n) is 13.4. The van der Waals surface area contributed by atoms with Crippen molar-refractivity contribution in [1.82, 2.24) is 0 Å². The second-order valence-corrected chi connectivity index (χ2v) is 10.8. The average molecular weight is 541 g/mol. The Morgan fingerprint density at radius 2 is 0.793 bits per heavy atom. The van der Waals surface area contributed by atoms with Crippen molar-refractivity contribution in [2.24, 2.45) is 5.92 Å². The van der Waals surface area contributed by atoms with Gasteiger partial charge in [-0.3, -0.25) is 0 Å². The predicted octanol–water partition coefficient (Wildman–Crippen LogP) is 11.1. The molecule has 0 aliphatic heterocycles. The van der Waals surface area contributed by atoms with Gasteiger partial charge in [0.2, 0.25) is 0 Å². The quantitative estimate of drug-likeness (QED) is 0.0728. The van der Waals surface area contributed by atoms with Crippen molar-refractivity contribution >= 4 is 33.2 Å². The molecule has 0 aromatic rings. The maximum Gasteiger partial charge on any atom is -0.0122 e. The molecule has 29 heavy (non-hydrogen) atoms. The van der Waals surface area contributed by atoms with Crippen molar-refractivity contribution < 1.29 is 0 Å². The van der Waals surface area contributed by atoms with Gasteiger partial charge in [-0.2, -0.15) is 0 Å². The van der Waals surface area contributed by atoms with Crippen LogP contribution in [0.25, 0.3) is 0 Å². The van der Waals surface area contributed by atoms with E-state index in [2.05, 4.69) is 36.9 Å². The van der Waals surface area contributed by atoms with E-state index in [1.807, 2.05) is 0 Å². The van der Waals surface area contributed by atoms with Crippen molar-refractivity contribution in [3.63, 3.8) is 0 Å². The molecule has 0 fully saturated rings. The van der Waals surface area contributed by atoms with Crippen LogP contribution in [0.5, 0.6) is 0 Å². The van der Waals surface area contributed by atoms with Crippen LogP contribution in [0.1, 0.15) is 163 Å². The molecule has 0 aliphatic rings. The molecule has 2 heteroatoms. The third kappa shape index (κ3) is 18.4. The minimum Gasteiger partial charge on any atom is -0.131 e. The lowest BCUT2D eigenvalue weighted by Crippen LogP contribution is -2.32. The van der Waals surface area contributed by atoms with Gasteiger partial charge in [0.1, 0.15) is 0 Å². The van der Waals surface area contributed by atoms with Crippen molar-refractivity contribution in [3.8, 4) is 0 Å². The highest BCUT2D eigenvalue weighted by atomic mass is 127. The molecule has 0 aromatic heterocycles. The Labute approximate surface area is 206 Å². The first kappa shape index (κ1) is 32.3. The summed E-state index contributed by atoms with van der Waals surface area (Å²) in [7, 11) is 3.46. The summed E-state index contributed by atoms with van der Waals surface area (Å²) in [5, 5.41) is 0.526. The molecule has 0 N–H and O–H groups in total. The lowest BCUT2D eigenvalue weighted by atomic mass is 9.77.